The molecule has 0 bridgehead atoms. The minimum atomic E-state index is 1.25. The standard InChI is InChI=1S/C4H9N.C3H8.C2H2/c1-2-4-5-3-1;1-3-2;1-2/h5H,1-4H2;3H2,1-2H3;1-2H. The van der Waals surface area contributed by atoms with Crippen molar-refractivity contribution in [2.45, 2.75) is 33.1 Å². The largest absolute Gasteiger partial charge is 0.317 e. The van der Waals surface area contributed by atoms with Gasteiger partial charge < -0.3 is 5.32 Å². The summed E-state index contributed by atoms with van der Waals surface area (Å²) in [5, 5.41) is 3.22. The molecule has 0 aromatic heterocycles. The van der Waals surface area contributed by atoms with Gasteiger partial charge >= 0.3 is 0 Å². The summed E-state index contributed by atoms with van der Waals surface area (Å²) in [5.74, 6) is 0. The average Bonchev–Trinajstić information content (AvgIpc) is 2.48. The fourth-order valence-corrected chi connectivity index (χ4v) is 0.625. The molecule has 0 radical (unpaired) electrons. The molecule has 10 heavy (non-hydrogen) atoms. The summed E-state index contributed by atoms with van der Waals surface area (Å²) in [4.78, 5) is 0. The Bertz CT molecular complexity index is 45.4. The van der Waals surface area contributed by atoms with Crippen LogP contribution in [0, 0.1) is 12.8 Å². The highest BCUT2D eigenvalue weighted by Crippen LogP contribution is 1.90. The predicted molar refractivity (Wildman–Crippen MR) is 48.0 cm³/mol. The fourth-order valence-electron chi connectivity index (χ4n) is 0.625. The van der Waals surface area contributed by atoms with Crippen LogP contribution in [0.1, 0.15) is 33.1 Å². The van der Waals surface area contributed by atoms with Crippen LogP contribution in [-0.4, -0.2) is 13.1 Å². The fraction of sp³-hybridized carbons (Fsp3) is 0.778. The third kappa shape index (κ3) is 15.6. The van der Waals surface area contributed by atoms with Gasteiger partial charge in [0.05, 0.1) is 0 Å². The molecule has 1 nitrogen and oxygen atoms in total. The SMILES string of the molecule is C#C.C1CCNC1.CCC. The van der Waals surface area contributed by atoms with E-state index in [0.717, 1.165) is 0 Å². The predicted octanol–water partition coefficient (Wildman–Crippen LogP) is 2.04. The summed E-state index contributed by atoms with van der Waals surface area (Å²) in [6.45, 7) is 6.75. The normalized spacial score (nSPS) is 14.0. The number of rotatable bonds is 0. The monoisotopic (exact) mass is 141 g/mol. The van der Waals surface area contributed by atoms with E-state index in [2.05, 4.69) is 32.0 Å². The van der Waals surface area contributed by atoms with Crippen molar-refractivity contribution in [2.75, 3.05) is 13.1 Å². The lowest BCUT2D eigenvalue weighted by Gasteiger charge is -1.76. The van der Waals surface area contributed by atoms with E-state index in [9.17, 15) is 0 Å². The van der Waals surface area contributed by atoms with Crippen molar-refractivity contribution in [1.82, 2.24) is 5.32 Å². The minimum Gasteiger partial charge on any atom is -0.317 e. The van der Waals surface area contributed by atoms with Gasteiger partial charge in [-0.15, -0.1) is 12.8 Å². The molecular weight excluding hydrogens is 122 g/mol. The quantitative estimate of drug-likeness (QED) is 0.509. The number of terminal acetylenes is 1. The molecule has 1 heteroatoms. The first-order valence-electron chi connectivity index (χ1n) is 3.95. The Labute approximate surface area is 65.2 Å². The highest BCUT2D eigenvalue weighted by Gasteiger charge is 1.93. The summed E-state index contributed by atoms with van der Waals surface area (Å²) in [7, 11) is 0. The van der Waals surface area contributed by atoms with Gasteiger partial charge in [-0.3, -0.25) is 0 Å². The molecule has 1 rings (SSSR count). The van der Waals surface area contributed by atoms with Crippen LogP contribution in [0.3, 0.4) is 0 Å². The molecule has 0 aromatic carbocycles. The van der Waals surface area contributed by atoms with Crippen molar-refractivity contribution in [2.24, 2.45) is 0 Å². The van der Waals surface area contributed by atoms with E-state index in [4.69, 9.17) is 0 Å². The number of hydrogen-bond acceptors (Lipinski definition) is 1. The molecule has 1 saturated heterocycles. The van der Waals surface area contributed by atoms with E-state index in [-0.39, 0.29) is 0 Å². The summed E-state index contributed by atoms with van der Waals surface area (Å²) in [5.41, 5.74) is 0. The highest BCUT2D eigenvalue weighted by atomic mass is 14.9. The second-order valence-electron chi connectivity index (χ2n) is 2.16. The Kier molecular flexibility index (Phi) is 19.3. The van der Waals surface area contributed by atoms with Crippen LogP contribution < -0.4 is 5.32 Å². The van der Waals surface area contributed by atoms with Crippen LogP contribution >= 0.6 is 0 Å². The van der Waals surface area contributed by atoms with Crippen LogP contribution in [0.5, 0.6) is 0 Å². The van der Waals surface area contributed by atoms with Gasteiger partial charge in [-0.05, 0) is 25.9 Å². The molecular formula is C9H19N. The highest BCUT2D eigenvalue weighted by molar-refractivity contribution is 4.55. The molecule has 0 saturated carbocycles. The maximum Gasteiger partial charge on any atom is -0.00484 e. The van der Waals surface area contributed by atoms with Crippen molar-refractivity contribution >= 4 is 0 Å². The molecule has 0 aromatic rings. The molecule has 1 aliphatic rings. The molecule has 0 spiro atoms. The molecule has 1 fully saturated rings. The lowest BCUT2D eigenvalue weighted by molar-refractivity contribution is 0.857. The maximum atomic E-state index is 4.00. The van der Waals surface area contributed by atoms with E-state index in [1.807, 2.05) is 0 Å². The Morgan fingerprint density at radius 1 is 1.10 bits per heavy atom. The van der Waals surface area contributed by atoms with Crippen LogP contribution in [-0.2, 0) is 0 Å². The van der Waals surface area contributed by atoms with Crippen LogP contribution in [0.2, 0.25) is 0 Å². The Hall–Kier alpha value is -0.480. The lowest BCUT2D eigenvalue weighted by atomic mass is 10.4. The van der Waals surface area contributed by atoms with Gasteiger partial charge in [-0.2, -0.15) is 0 Å². The van der Waals surface area contributed by atoms with Crippen molar-refractivity contribution in [3.63, 3.8) is 0 Å². The zero-order valence-electron chi connectivity index (χ0n) is 7.19. The Balaban J connectivity index is 0. The average molecular weight is 141 g/mol. The van der Waals surface area contributed by atoms with Gasteiger partial charge in [0.15, 0.2) is 0 Å². The molecule has 1 heterocycles. The molecule has 0 aliphatic carbocycles. The summed E-state index contributed by atoms with van der Waals surface area (Å²) < 4.78 is 0. The minimum absolute atomic E-state index is 1.25. The summed E-state index contributed by atoms with van der Waals surface area (Å²) in [6, 6.07) is 0. The number of hydrogen-bond donors (Lipinski definition) is 1. The molecule has 1 aliphatic heterocycles. The second-order valence-corrected chi connectivity index (χ2v) is 2.16. The van der Waals surface area contributed by atoms with Crippen LogP contribution in [0.4, 0.5) is 0 Å². The zero-order chi connectivity index (χ0) is 8.24. The third-order valence-corrected chi connectivity index (χ3v) is 0.957. The maximum absolute atomic E-state index is 4.00. The first-order chi connectivity index (χ1) is 4.91. The Morgan fingerprint density at radius 2 is 1.40 bits per heavy atom. The number of nitrogens with one attached hydrogen (secondary N) is 1. The third-order valence-electron chi connectivity index (χ3n) is 0.957. The smallest absolute Gasteiger partial charge is 0.00484 e. The Morgan fingerprint density at radius 3 is 1.50 bits per heavy atom. The van der Waals surface area contributed by atoms with Crippen molar-refractivity contribution in [1.29, 1.82) is 0 Å². The first kappa shape index (κ1) is 12.2. The van der Waals surface area contributed by atoms with Crippen LogP contribution in [0.15, 0.2) is 0 Å². The van der Waals surface area contributed by atoms with Gasteiger partial charge in [-0.1, -0.05) is 20.3 Å². The van der Waals surface area contributed by atoms with Gasteiger partial charge in [0, 0.05) is 0 Å². The molecule has 0 atom stereocenters. The molecule has 60 valence electrons. The lowest BCUT2D eigenvalue weighted by Crippen LogP contribution is -2.03. The van der Waals surface area contributed by atoms with E-state index in [1.54, 1.807) is 0 Å². The molecule has 0 amide bonds. The van der Waals surface area contributed by atoms with Gasteiger partial charge in [0.1, 0.15) is 0 Å². The van der Waals surface area contributed by atoms with Gasteiger partial charge in [0.25, 0.3) is 0 Å². The first-order valence-corrected chi connectivity index (χ1v) is 3.95. The van der Waals surface area contributed by atoms with E-state index >= 15 is 0 Å². The topological polar surface area (TPSA) is 12.0 Å². The molecule has 1 N–H and O–H groups in total. The van der Waals surface area contributed by atoms with E-state index in [0.29, 0.717) is 0 Å². The zero-order valence-corrected chi connectivity index (χ0v) is 7.19. The van der Waals surface area contributed by atoms with Crippen molar-refractivity contribution in [3.05, 3.63) is 0 Å². The van der Waals surface area contributed by atoms with E-state index in [1.165, 1.54) is 32.4 Å². The molecule has 0 unspecified atom stereocenters. The summed E-state index contributed by atoms with van der Waals surface area (Å²) >= 11 is 0. The summed E-state index contributed by atoms with van der Waals surface area (Å²) in [6.07, 6.45) is 12.0. The van der Waals surface area contributed by atoms with Gasteiger partial charge in [0.2, 0.25) is 0 Å². The van der Waals surface area contributed by atoms with E-state index < -0.39 is 0 Å². The van der Waals surface area contributed by atoms with Crippen LogP contribution in [0.25, 0.3) is 0 Å². The van der Waals surface area contributed by atoms with Crippen molar-refractivity contribution < 1.29 is 0 Å². The second kappa shape index (κ2) is 15.8. The van der Waals surface area contributed by atoms with Crippen molar-refractivity contribution in [3.8, 4) is 12.8 Å². The van der Waals surface area contributed by atoms with Gasteiger partial charge in [-0.25, -0.2) is 0 Å².